The van der Waals surface area contributed by atoms with E-state index in [0.717, 1.165) is 24.2 Å². The molecule has 0 N–H and O–H groups in total. The Morgan fingerprint density at radius 3 is 2.64 bits per heavy atom. The molecule has 0 saturated heterocycles. The largest absolute Gasteiger partial charge is 0.299 e. The van der Waals surface area contributed by atoms with Crippen molar-refractivity contribution in [3.05, 3.63) is 66.0 Å². The Bertz CT molecular complexity index is 650. The summed E-state index contributed by atoms with van der Waals surface area (Å²) in [5.74, 6) is 0.590. The highest BCUT2D eigenvalue weighted by molar-refractivity contribution is 6.05. The molecular formula is C19H20N2O. The standard InChI is InChI=1S/C19H20N2O/c22-19-13-16(15-6-2-1-3-7-15)12-18(14-19)21-11-9-17-8-4-5-10-20-17/h1-8,10,16H,9,11-14H2/t16-/m0/s1. The molecule has 3 nitrogen and oxygen atoms in total. The summed E-state index contributed by atoms with van der Waals surface area (Å²) in [4.78, 5) is 21.0. The zero-order valence-corrected chi connectivity index (χ0v) is 12.6. The van der Waals surface area contributed by atoms with Gasteiger partial charge in [0.25, 0.3) is 0 Å². The van der Waals surface area contributed by atoms with E-state index >= 15 is 0 Å². The summed E-state index contributed by atoms with van der Waals surface area (Å²) in [7, 11) is 0. The van der Waals surface area contributed by atoms with E-state index in [-0.39, 0.29) is 5.92 Å². The number of nitrogens with zero attached hydrogens (tertiary/aromatic N) is 2. The minimum Gasteiger partial charge on any atom is -0.299 e. The first-order valence-electron chi connectivity index (χ1n) is 7.80. The van der Waals surface area contributed by atoms with Crippen LogP contribution in [0, 0.1) is 0 Å². The lowest BCUT2D eigenvalue weighted by Crippen LogP contribution is -2.22. The van der Waals surface area contributed by atoms with E-state index in [2.05, 4.69) is 22.1 Å². The van der Waals surface area contributed by atoms with Gasteiger partial charge in [-0.25, -0.2) is 0 Å². The van der Waals surface area contributed by atoms with Crippen molar-refractivity contribution < 1.29 is 4.79 Å². The van der Waals surface area contributed by atoms with Gasteiger partial charge in [0, 0.05) is 43.4 Å². The van der Waals surface area contributed by atoms with Crippen molar-refractivity contribution in [3.63, 3.8) is 0 Å². The van der Waals surface area contributed by atoms with Gasteiger partial charge in [-0.1, -0.05) is 36.4 Å². The van der Waals surface area contributed by atoms with Crippen LogP contribution in [-0.2, 0) is 11.2 Å². The van der Waals surface area contributed by atoms with E-state index < -0.39 is 0 Å². The van der Waals surface area contributed by atoms with Crippen LogP contribution in [0.25, 0.3) is 0 Å². The first-order valence-corrected chi connectivity index (χ1v) is 7.80. The van der Waals surface area contributed by atoms with E-state index in [4.69, 9.17) is 0 Å². The number of hydrogen-bond donors (Lipinski definition) is 0. The number of pyridine rings is 1. The highest BCUT2D eigenvalue weighted by Crippen LogP contribution is 2.29. The first kappa shape index (κ1) is 14.6. The Morgan fingerprint density at radius 1 is 1.05 bits per heavy atom. The van der Waals surface area contributed by atoms with Gasteiger partial charge >= 0.3 is 0 Å². The normalized spacial score (nSPS) is 20.3. The monoisotopic (exact) mass is 292 g/mol. The summed E-state index contributed by atoms with van der Waals surface area (Å²) >= 11 is 0. The topological polar surface area (TPSA) is 42.3 Å². The summed E-state index contributed by atoms with van der Waals surface area (Å²) in [5.41, 5.74) is 3.34. The van der Waals surface area contributed by atoms with Crippen molar-refractivity contribution >= 4 is 11.5 Å². The van der Waals surface area contributed by atoms with Crippen LogP contribution in [0.5, 0.6) is 0 Å². The van der Waals surface area contributed by atoms with Gasteiger partial charge in [0.05, 0.1) is 0 Å². The van der Waals surface area contributed by atoms with E-state index in [1.165, 1.54) is 5.56 Å². The van der Waals surface area contributed by atoms with Crippen molar-refractivity contribution in [2.45, 2.75) is 31.6 Å². The Kier molecular flexibility index (Phi) is 4.74. The summed E-state index contributed by atoms with van der Waals surface area (Å²) < 4.78 is 0. The van der Waals surface area contributed by atoms with Gasteiger partial charge in [0.1, 0.15) is 5.78 Å². The van der Waals surface area contributed by atoms with Crippen molar-refractivity contribution in [2.75, 3.05) is 6.54 Å². The highest BCUT2D eigenvalue weighted by atomic mass is 16.1. The lowest BCUT2D eigenvalue weighted by atomic mass is 9.82. The third-order valence-electron chi connectivity index (χ3n) is 4.06. The van der Waals surface area contributed by atoms with Gasteiger partial charge in [0.2, 0.25) is 0 Å². The zero-order chi connectivity index (χ0) is 15.2. The van der Waals surface area contributed by atoms with Crippen LogP contribution in [0.2, 0.25) is 0 Å². The number of aliphatic imine (C=N–C) groups is 1. The molecule has 0 spiro atoms. The molecule has 1 aromatic carbocycles. The maximum Gasteiger partial charge on any atom is 0.139 e. The smallest absolute Gasteiger partial charge is 0.139 e. The number of ketones is 1. The fraction of sp³-hybridized carbons (Fsp3) is 0.316. The maximum absolute atomic E-state index is 12.0. The molecule has 1 aliphatic carbocycles. The van der Waals surface area contributed by atoms with Gasteiger partial charge in [-0.2, -0.15) is 0 Å². The van der Waals surface area contributed by atoms with E-state index in [1.54, 1.807) is 6.20 Å². The number of carbonyl (C=O) groups excluding carboxylic acids is 1. The fourth-order valence-electron chi connectivity index (χ4n) is 2.96. The number of carbonyl (C=O) groups is 1. The fourth-order valence-corrected chi connectivity index (χ4v) is 2.96. The molecule has 1 atom stereocenters. The van der Waals surface area contributed by atoms with Crippen LogP contribution in [0.15, 0.2) is 59.7 Å². The van der Waals surface area contributed by atoms with Crippen LogP contribution in [0.3, 0.4) is 0 Å². The molecule has 0 aliphatic heterocycles. The molecule has 1 aromatic heterocycles. The molecule has 0 unspecified atom stereocenters. The Morgan fingerprint density at radius 2 is 1.86 bits per heavy atom. The zero-order valence-electron chi connectivity index (χ0n) is 12.6. The number of aromatic nitrogens is 1. The molecule has 0 bridgehead atoms. The molecular weight excluding hydrogens is 272 g/mol. The molecule has 0 radical (unpaired) electrons. The molecule has 0 amide bonds. The predicted octanol–water partition coefficient (Wildman–Crippen LogP) is 3.60. The summed E-state index contributed by atoms with van der Waals surface area (Å²) in [6.07, 6.45) is 4.69. The molecule has 22 heavy (non-hydrogen) atoms. The molecule has 1 fully saturated rings. The van der Waals surface area contributed by atoms with Gasteiger partial charge in [-0.05, 0) is 30.0 Å². The molecule has 2 aromatic rings. The van der Waals surface area contributed by atoms with Crippen LogP contribution < -0.4 is 0 Å². The van der Waals surface area contributed by atoms with Crippen molar-refractivity contribution in [1.29, 1.82) is 0 Å². The third-order valence-corrected chi connectivity index (χ3v) is 4.06. The third kappa shape index (κ3) is 3.88. The van der Waals surface area contributed by atoms with Crippen LogP contribution in [-0.4, -0.2) is 23.0 Å². The minimum atomic E-state index is 0.288. The van der Waals surface area contributed by atoms with Crippen LogP contribution in [0.4, 0.5) is 0 Å². The lowest BCUT2D eigenvalue weighted by molar-refractivity contribution is -0.118. The van der Waals surface area contributed by atoms with E-state index in [1.807, 2.05) is 36.4 Å². The average molecular weight is 292 g/mol. The second kappa shape index (κ2) is 7.12. The van der Waals surface area contributed by atoms with E-state index in [0.29, 0.717) is 25.2 Å². The Balaban J connectivity index is 1.63. The molecule has 3 heteroatoms. The molecule has 3 rings (SSSR count). The second-order valence-corrected chi connectivity index (χ2v) is 5.75. The maximum atomic E-state index is 12.0. The lowest BCUT2D eigenvalue weighted by Gasteiger charge is -2.23. The second-order valence-electron chi connectivity index (χ2n) is 5.75. The van der Waals surface area contributed by atoms with Crippen LogP contribution >= 0.6 is 0 Å². The number of hydrogen-bond acceptors (Lipinski definition) is 3. The number of rotatable bonds is 4. The molecule has 1 heterocycles. The predicted molar refractivity (Wildman–Crippen MR) is 88.3 cm³/mol. The SMILES string of the molecule is O=C1CC(=NCCc2ccccn2)C[C@H](c2ccccc2)C1. The Hall–Kier alpha value is -2.29. The minimum absolute atomic E-state index is 0.288. The van der Waals surface area contributed by atoms with Gasteiger partial charge < -0.3 is 0 Å². The quantitative estimate of drug-likeness (QED) is 0.864. The molecule has 1 saturated carbocycles. The molecule has 112 valence electrons. The van der Waals surface area contributed by atoms with Gasteiger partial charge in [0.15, 0.2) is 0 Å². The average Bonchev–Trinajstić information content (AvgIpc) is 2.56. The first-order chi connectivity index (χ1) is 10.8. The summed E-state index contributed by atoms with van der Waals surface area (Å²) in [6, 6.07) is 16.2. The van der Waals surface area contributed by atoms with Crippen molar-refractivity contribution in [2.24, 2.45) is 4.99 Å². The van der Waals surface area contributed by atoms with Crippen molar-refractivity contribution in [3.8, 4) is 0 Å². The van der Waals surface area contributed by atoms with Gasteiger partial charge in [-0.3, -0.25) is 14.8 Å². The summed E-state index contributed by atoms with van der Waals surface area (Å²) in [6.45, 7) is 0.709. The Labute approximate surface area is 131 Å². The number of Topliss-reactive ketones (excluding diaryl/α,β-unsaturated/α-hetero) is 1. The van der Waals surface area contributed by atoms with Gasteiger partial charge in [-0.15, -0.1) is 0 Å². The molecule has 1 aliphatic rings. The van der Waals surface area contributed by atoms with E-state index in [9.17, 15) is 4.79 Å². The number of benzene rings is 1. The summed E-state index contributed by atoms with van der Waals surface area (Å²) in [5, 5.41) is 0. The highest BCUT2D eigenvalue weighted by Gasteiger charge is 2.24. The van der Waals surface area contributed by atoms with Crippen LogP contribution in [0.1, 0.15) is 36.4 Å². The van der Waals surface area contributed by atoms with Crippen molar-refractivity contribution in [1.82, 2.24) is 4.98 Å².